The number of phenols is 1. The highest BCUT2D eigenvalue weighted by molar-refractivity contribution is 5.85. The van der Waals surface area contributed by atoms with E-state index in [1.54, 1.807) is 0 Å². The van der Waals surface area contributed by atoms with Crippen molar-refractivity contribution < 1.29 is 28.3 Å². The van der Waals surface area contributed by atoms with Crippen LogP contribution in [-0.4, -0.2) is 27.7 Å². The number of benzene rings is 1. The van der Waals surface area contributed by atoms with Gasteiger partial charge in [-0.3, -0.25) is 10.1 Å². The summed E-state index contributed by atoms with van der Waals surface area (Å²) in [6.45, 7) is -1.64. The van der Waals surface area contributed by atoms with Gasteiger partial charge in [-0.1, -0.05) is 0 Å². The Kier molecular flexibility index (Phi) is 5.54. The maximum absolute atomic E-state index is 13.1. The summed E-state index contributed by atoms with van der Waals surface area (Å²) in [7, 11) is 0. The molecule has 0 amide bonds. The third-order valence-electron chi connectivity index (χ3n) is 2.28. The average Bonchev–Trinajstić information content (AvgIpc) is 2.30. The van der Waals surface area contributed by atoms with Gasteiger partial charge in [-0.2, -0.15) is 0 Å². The van der Waals surface area contributed by atoms with Gasteiger partial charge in [0, 0.05) is 5.56 Å². The number of aliphatic hydroxyl groups is 1. The zero-order chi connectivity index (χ0) is 14.1. The first kappa shape index (κ1) is 17.4. The summed E-state index contributed by atoms with van der Waals surface area (Å²) in [5.74, 6) is -6.19. The van der Waals surface area contributed by atoms with Gasteiger partial charge < -0.3 is 15.9 Å². The number of rotatable bonds is 4. The van der Waals surface area contributed by atoms with Gasteiger partial charge in [-0.25, -0.2) is 13.2 Å². The number of halogens is 4. The van der Waals surface area contributed by atoms with Crippen LogP contribution in [0.3, 0.4) is 0 Å². The molecule has 0 fully saturated rings. The minimum absolute atomic E-state index is 0. The summed E-state index contributed by atoms with van der Waals surface area (Å²) in [5, 5.41) is 28.3. The monoisotopic (exact) mass is 302 g/mol. The number of aliphatic hydroxyl groups excluding tert-OH is 1. The van der Waals surface area contributed by atoms with Gasteiger partial charge >= 0.3 is 5.69 Å². The van der Waals surface area contributed by atoms with Crippen molar-refractivity contribution >= 4 is 18.1 Å². The van der Waals surface area contributed by atoms with Crippen LogP contribution in [0.2, 0.25) is 0 Å². The van der Waals surface area contributed by atoms with Crippen molar-refractivity contribution in [3.8, 4) is 5.75 Å². The quantitative estimate of drug-likeness (QED) is 0.576. The SMILES string of the molecule is Cl.N[C@H](c1cc(F)cc([N+](=O)[O-])c1O)C(F)(F)CO. The van der Waals surface area contributed by atoms with Crippen LogP contribution in [0.5, 0.6) is 5.75 Å². The van der Waals surface area contributed by atoms with Crippen molar-refractivity contribution in [3.05, 3.63) is 33.6 Å². The van der Waals surface area contributed by atoms with Gasteiger partial charge in [-0.15, -0.1) is 12.4 Å². The molecular weight excluding hydrogens is 293 g/mol. The van der Waals surface area contributed by atoms with Gasteiger partial charge in [0.15, 0.2) is 5.75 Å². The molecule has 108 valence electrons. The molecule has 0 saturated heterocycles. The fourth-order valence-electron chi connectivity index (χ4n) is 1.31. The lowest BCUT2D eigenvalue weighted by molar-refractivity contribution is -0.386. The van der Waals surface area contributed by atoms with Crippen LogP contribution in [0.1, 0.15) is 11.6 Å². The Morgan fingerprint density at radius 2 is 2.00 bits per heavy atom. The molecule has 6 nitrogen and oxygen atoms in total. The second-order valence-electron chi connectivity index (χ2n) is 3.52. The molecular formula is C9H10ClF3N2O4. The minimum atomic E-state index is -3.85. The largest absolute Gasteiger partial charge is 0.502 e. The van der Waals surface area contributed by atoms with Crippen LogP contribution in [0.15, 0.2) is 12.1 Å². The standard InChI is InChI=1S/C9H9F3N2O4.ClH/c10-4-1-5(8(13)9(11,12)3-15)7(16)6(2-4)14(17)18;/h1-2,8,15-16H,3,13H2;1H/t8-;/m1./s1. The number of hydrogen-bond donors (Lipinski definition) is 3. The van der Waals surface area contributed by atoms with Gasteiger partial charge in [0.25, 0.3) is 5.92 Å². The molecule has 0 aromatic heterocycles. The van der Waals surface area contributed by atoms with Crippen LogP contribution in [0, 0.1) is 15.9 Å². The number of alkyl halides is 2. The van der Waals surface area contributed by atoms with Gasteiger partial charge in [0.05, 0.1) is 11.0 Å². The van der Waals surface area contributed by atoms with Crippen LogP contribution in [0.4, 0.5) is 18.9 Å². The first-order valence-corrected chi connectivity index (χ1v) is 4.61. The summed E-state index contributed by atoms with van der Waals surface area (Å²) in [4.78, 5) is 9.34. The van der Waals surface area contributed by atoms with E-state index in [9.17, 15) is 28.4 Å². The fourth-order valence-corrected chi connectivity index (χ4v) is 1.31. The van der Waals surface area contributed by atoms with E-state index in [0.717, 1.165) is 0 Å². The number of nitrogens with zero attached hydrogens (tertiary/aromatic N) is 1. The maximum atomic E-state index is 13.1. The molecule has 0 bridgehead atoms. The topological polar surface area (TPSA) is 110 Å². The highest BCUT2D eigenvalue weighted by atomic mass is 35.5. The molecule has 0 heterocycles. The summed E-state index contributed by atoms with van der Waals surface area (Å²) in [5.41, 5.74) is 3.14. The second kappa shape index (κ2) is 6.04. The van der Waals surface area contributed by atoms with Crippen LogP contribution < -0.4 is 5.73 Å². The van der Waals surface area contributed by atoms with Gasteiger partial charge in [-0.05, 0) is 6.07 Å². The number of phenolic OH excluding ortho intramolecular Hbond substituents is 1. The zero-order valence-corrected chi connectivity index (χ0v) is 10.0. The third-order valence-corrected chi connectivity index (χ3v) is 2.28. The lowest BCUT2D eigenvalue weighted by atomic mass is 10.00. The minimum Gasteiger partial charge on any atom is -0.502 e. The van der Waals surface area contributed by atoms with E-state index in [1.165, 1.54) is 0 Å². The molecule has 10 heteroatoms. The van der Waals surface area contributed by atoms with E-state index < -0.39 is 46.3 Å². The average molecular weight is 303 g/mol. The number of aromatic hydroxyl groups is 1. The molecule has 0 spiro atoms. The highest BCUT2D eigenvalue weighted by Crippen LogP contribution is 2.39. The molecule has 1 aromatic rings. The number of nitro groups is 1. The number of nitro benzene ring substituents is 1. The summed E-state index contributed by atoms with van der Waals surface area (Å²) in [6.07, 6.45) is 0. The lowest BCUT2D eigenvalue weighted by Crippen LogP contribution is -2.36. The van der Waals surface area contributed by atoms with Crippen molar-refractivity contribution in [3.63, 3.8) is 0 Å². The molecule has 4 N–H and O–H groups in total. The predicted molar refractivity (Wildman–Crippen MR) is 60.9 cm³/mol. The molecule has 0 unspecified atom stereocenters. The van der Waals surface area contributed by atoms with Crippen molar-refractivity contribution in [2.24, 2.45) is 5.73 Å². The van der Waals surface area contributed by atoms with Gasteiger partial charge in [0.2, 0.25) is 0 Å². The van der Waals surface area contributed by atoms with E-state index in [2.05, 4.69) is 0 Å². The fraction of sp³-hybridized carbons (Fsp3) is 0.333. The molecule has 0 saturated carbocycles. The highest BCUT2D eigenvalue weighted by Gasteiger charge is 2.40. The molecule has 1 atom stereocenters. The third kappa shape index (κ3) is 3.46. The van der Waals surface area contributed by atoms with Crippen LogP contribution in [0.25, 0.3) is 0 Å². The molecule has 0 radical (unpaired) electrons. The van der Waals surface area contributed by atoms with E-state index in [1.807, 2.05) is 0 Å². The van der Waals surface area contributed by atoms with Crippen LogP contribution >= 0.6 is 12.4 Å². The lowest BCUT2D eigenvalue weighted by Gasteiger charge is -2.22. The van der Waals surface area contributed by atoms with Crippen molar-refractivity contribution in [2.75, 3.05) is 6.61 Å². The summed E-state index contributed by atoms with van der Waals surface area (Å²) >= 11 is 0. The van der Waals surface area contributed by atoms with E-state index in [4.69, 9.17) is 10.8 Å². The van der Waals surface area contributed by atoms with E-state index in [-0.39, 0.29) is 12.4 Å². The Bertz CT molecular complexity index is 487. The Morgan fingerprint density at radius 3 is 2.42 bits per heavy atom. The maximum Gasteiger partial charge on any atom is 0.313 e. The Hall–Kier alpha value is -1.58. The first-order chi connectivity index (χ1) is 8.20. The second-order valence-corrected chi connectivity index (χ2v) is 3.52. The molecule has 1 aromatic carbocycles. The zero-order valence-electron chi connectivity index (χ0n) is 9.22. The summed E-state index contributed by atoms with van der Waals surface area (Å²) < 4.78 is 39.2. The Morgan fingerprint density at radius 1 is 1.47 bits per heavy atom. The Balaban J connectivity index is 0.00000324. The first-order valence-electron chi connectivity index (χ1n) is 4.61. The molecule has 0 aliphatic rings. The predicted octanol–water partition coefficient (Wildman–Crippen LogP) is 1.49. The van der Waals surface area contributed by atoms with E-state index in [0.29, 0.717) is 12.1 Å². The number of nitrogens with two attached hydrogens (primary N) is 1. The van der Waals surface area contributed by atoms with Crippen molar-refractivity contribution in [2.45, 2.75) is 12.0 Å². The molecule has 0 aliphatic carbocycles. The van der Waals surface area contributed by atoms with Crippen molar-refractivity contribution in [1.82, 2.24) is 0 Å². The normalized spacial score (nSPS) is 12.7. The van der Waals surface area contributed by atoms with E-state index >= 15 is 0 Å². The molecule has 19 heavy (non-hydrogen) atoms. The smallest absolute Gasteiger partial charge is 0.313 e. The van der Waals surface area contributed by atoms with Crippen LogP contribution in [-0.2, 0) is 0 Å². The summed E-state index contributed by atoms with van der Waals surface area (Å²) in [6, 6.07) is -1.43. The number of hydrogen-bond acceptors (Lipinski definition) is 5. The van der Waals surface area contributed by atoms with Gasteiger partial charge in [0.1, 0.15) is 18.5 Å². The van der Waals surface area contributed by atoms with Crippen molar-refractivity contribution in [1.29, 1.82) is 0 Å². The molecule has 0 aliphatic heterocycles. The molecule has 1 rings (SSSR count). The Labute approximate surface area is 111 Å².